The summed E-state index contributed by atoms with van der Waals surface area (Å²) < 4.78 is 26.4. The third-order valence-corrected chi connectivity index (χ3v) is 2.54. The summed E-state index contributed by atoms with van der Waals surface area (Å²) in [6.45, 7) is 0. The zero-order chi connectivity index (χ0) is 12.3. The second-order valence-corrected chi connectivity index (χ2v) is 3.75. The van der Waals surface area contributed by atoms with Crippen molar-refractivity contribution in [2.75, 3.05) is 0 Å². The summed E-state index contributed by atoms with van der Waals surface area (Å²) in [5.41, 5.74) is 1.71. The molecule has 1 nitrogen and oxygen atoms in total. The van der Waals surface area contributed by atoms with E-state index in [0.717, 1.165) is 17.9 Å². The highest BCUT2D eigenvalue weighted by atomic mass is 19.2. The van der Waals surface area contributed by atoms with Gasteiger partial charge in [0.1, 0.15) is 6.29 Å². The third-order valence-electron chi connectivity index (χ3n) is 2.54. The molecule has 86 valence electrons. The minimum atomic E-state index is -0.841. The van der Waals surface area contributed by atoms with E-state index in [9.17, 15) is 13.6 Å². The largest absolute Gasteiger partial charge is 0.298 e. The molecule has 2 rings (SSSR count). The van der Waals surface area contributed by atoms with Gasteiger partial charge in [0.25, 0.3) is 0 Å². The van der Waals surface area contributed by atoms with E-state index < -0.39 is 11.6 Å². The summed E-state index contributed by atoms with van der Waals surface area (Å²) >= 11 is 0. The van der Waals surface area contributed by atoms with Crippen molar-refractivity contribution in [3.8, 4) is 0 Å². The molecule has 0 aliphatic carbocycles. The van der Waals surface area contributed by atoms with Crippen LogP contribution in [0.2, 0.25) is 0 Å². The van der Waals surface area contributed by atoms with Gasteiger partial charge in [-0.3, -0.25) is 4.79 Å². The minimum absolute atomic E-state index is 0.308. The molecule has 0 amide bonds. The molecule has 0 atom stereocenters. The van der Waals surface area contributed by atoms with Crippen molar-refractivity contribution in [2.24, 2.45) is 0 Å². The summed E-state index contributed by atoms with van der Waals surface area (Å²) in [5, 5.41) is 0. The first-order valence-corrected chi connectivity index (χ1v) is 5.17. The molecule has 0 saturated carbocycles. The summed E-state index contributed by atoms with van der Waals surface area (Å²) in [7, 11) is 0. The predicted molar refractivity (Wildman–Crippen MR) is 61.0 cm³/mol. The molecule has 0 heterocycles. The highest BCUT2D eigenvalue weighted by molar-refractivity contribution is 5.74. The Kier molecular flexibility index (Phi) is 3.28. The van der Waals surface area contributed by atoms with Crippen LogP contribution in [0.5, 0.6) is 0 Å². The SMILES string of the molecule is O=Cc1ccc(Cc2cccc(F)c2F)cc1. The lowest BCUT2D eigenvalue weighted by atomic mass is 10.0. The van der Waals surface area contributed by atoms with Gasteiger partial charge in [0.05, 0.1) is 0 Å². The van der Waals surface area contributed by atoms with E-state index in [1.54, 1.807) is 30.3 Å². The van der Waals surface area contributed by atoms with E-state index in [0.29, 0.717) is 17.5 Å². The van der Waals surface area contributed by atoms with Gasteiger partial charge in [-0.15, -0.1) is 0 Å². The Morgan fingerprint density at radius 2 is 1.71 bits per heavy atom. The highest BCUT2D eigenvalue weighted by Gasteiger charge is 2.07. The number of hydrogen-bond donors (Lipinski definition) is 0. The number of aldehydes is 1. The maximum absolute atomic E-state index is 13.4. The van der Waals surface area contributed by atoms with Gasteiger partial charge in [-0.1, -0.05) is 36.4 Å². The maximum atomic E-state index is 13.4. The van der Waals surface area contributed by atoms with Crippen molar-refractivity contribution in [1.82, 2.24) is 0 Å². The molecule has 0 bridgehead atoms. The Bertz CT molecular complexity index is 532. The van der Waals surface area contributed by atoms with E-state index in [-0.39, 0.29) is 0 Å². The van der Waals surface area contributed by atoms with Crippen LogP contribution in [0.4, 0.5) is 8.78 Å². The number of rotatable bonds is 3. The normalized spacial score (nSPS) is 10.2. The fourth-order valence-corrected chi connectivity index (χ4v) is 1.62. The topological polar surface area (TPSA) is 17.1 Å². The fourth-order valence-electron chi connectivity index (χ4n) is 1.62. The molecule has 0 aliphatic rings. The van der Waals surface area contributed by atoms with Crippen LogP contribution in [0.25, 0.3) is 0 Å². The van der Waals surface area contributed by atoms with Crippen LogP contribution in [0.3, 0.4) is 0 Å². The lowest BCUT2D eigenvalue weighted by Crippen LogP contribution is -1.95. The molecule has 0 spiro atoms. The van der Waals surface area contributed by atoms with Gasteiger partial charge in [0.15, 0.2) is 11.6 Å². The van der Waals surface area contributed by atoms with Crippen LogP contribution in [-0.2, 0) is 6.42 Å². The molecule has 17 heavy (non-hydrogen) atoms. The molecular formula is C14H10F2O. The van der Waals surface area contributed by atoms with E-state index in [2.05, 4.69) is 0 Å². The summed E-state index contributed by atoms with van der Waals surface area (Å²) in [5.74, 6) is -1.65. The maximum Gasteiger partial charge on any atom is 0.162 e. The van der Waals surface area contributed by atoms with Crippen LogP contribution in [0.15, 0.2) is 42.5 Å². The van der Waals surface area contributed by atoms with Crippen molar-refractivity contribution >= 4 is 6.29 Å². The summed E-state index contributed by atoms with van der Waals surface area (Å²) in [6.07, 6.45) is 1.05. The summed E-state index contributed by atoms with van der Waals surface area (Å²) in [4.78, 5) is 10.5. The van der Waals surface area contributed by atoms with Gasteiger partial charge in [-0.25, -0.2) is 8.78 Å². The lowest BCUT2D eigenvalue weighted by Gasteiger charge is -2.04. The molecule has 0 aliphatic heterocycles. The third kappa shape index (κ3) is 2.56. The fraction of sp³-hybridized carbons (Fsp3) is 0.0714. The van der Waals surface area contributed by atoms with Gasteiger partial charge in [-0.05, 0) is 17.2 Å². The molecule has 0 saturated heterocycles. The summed E-state index contributed by atoms with van der Waals surface area (Å²) in [6, 6.07) is 10.9. The number of carbonyl (C=O) groups is 1. The van der Waals surface area contributed by atoms with Crippen molar-refractivity contribution in [1.29, 1.82) is 0 Å². The molecule has 3 heteroatoms. The van der Waals surface area contributed by atoms with Gasteiger partial charge < -0.3 is 0 Å². The Morgan fingerprint density at radius 3 is 2.35 bits per heavy atom. The van der Waals surface area contributed by atoms with Crippen molar-refractivity contribution in [3.05, 3.63) is 70.8 Å². The number of benzene rings is 2. The second kappa shape index (κ2) is 4.87. The first-order valence-electron chi connectivity index (χ1n) is 5.17. The lowest BCUT2D eigenvalue weighted by molar-refractivity contribution is 0.112. The smallest absolute Gasteiger partial charge is 0.162 e. The Labute approximate surface area is 97.7 Å². The first-order chi connectivity index (χ1) is 8.20. The van der Waals surface area contributed by atoms with E-state index in [1.165, 1.54) is 6.07 Å². The van der Waals surface area contributed by atoms with E-state index in [1.807, 2.05) is 0 Å². The van der Waals surface area contributed by atoms with Crippen molar-refractivity contribution in [3.63, 3.8) is 0 Å². The Balaban J connectivity index is 2.25. The quantitative estimate of drug-likeness (QED) is 0.741. The molecule has 0 unspecified atom stereocenters. The van der Waals surface area contributed by atoms with Crippen LogP contribution >= 0.6 is 0 Å². The molecule has 0 N–H and O–H groups in total. The monoisotopic (exact) mass is 232 g/mol. The molecule has 2 aromatic rings. The van der Waals surface area contributed by atoms with Gasteiger partial charge >= 0.3 is 0 Å². The van der Waals surface area contributed by atoms with Crippen molar-refractivity contribution in [2.45, 2.75) is 6.42 Å². The Morgan fingerprint density at radius 1 is 1.00 bits per heavy atom. The molecule has 0 aromatic heterocycles. The van der Waals surface area contributed by atoms with Crippen molar-refractivity contribution < 1.29 is 13.6 Å². The van der Waals surface area contributed by atoms with Gasteiger partial charge in [-0.2, -0.15) is 0 Å². The minimum Gasteiger partial charge on any atom is -0.298 e. The zero-order valence-electron chi connectivity index (χ0n) is 8.99. The highest BCUT2D eigenvalue weighted by Crippen LogP contribution is 2.16. The molecule has 0 radical (unpaired) electrons. The van der Waals surface area contributed by atoms with Crippen LogP contribution in [0.1, 0.15) is 21.5 Å². The predicted octanol–water partition coefficient (Wildman–Crippen LogP) is 3.37. The molecular weight excluding hydrogens is 222 g/mol. The van der Waals surface area contributed by atoms with Crippen LogP contribution in [0, 0.1) is 11.6 Å². The number of carbonyl (C=O) groups excluding carboxylic acids is 1. The average molecular weight is 232 g/mol. The van der Waals surface area contributed by atoms with E-state index in [4.69, 9.17) is 0 Å². The van der Waals surface area contributed by atoms with E-state index >= 15 is 0 Å². The molecule has 0 fully saturated rings. The van der Waals surface area contributed by atoms with Crippen LogP contribution in [-0.4, -0.2) is 6.29 Å². The number of hydrogen-bond acceptors (Lipinski definition) is 1. The zero-order valence-corrected chi connectivity index (χ0v) is 8.99. The van der Waals surface area contributed by atoms with Gasteiger partial charge in [0, 0.05) is 12.0 Å². The number of halogens is 2. The average Bonchev–Trinajstić information content (AvgIpc) is 2.36. The standard InChI is InChI=1S/C14H10F2O/c15-13-3-1-2-12(14(13)16)8-10-4-6-11(9-17)7-5-10/h1-7,9H,8H2. The van der Waals surface area contributed by atoms with Gasteiger partial charge in [0.2, 0.25) is 0 Å². The van der Waals surface area contributed by atoms with Crippen LogP contribution < -0.4 is 0 Å². The second-order valence-electron chi connectivity index (χ2n) is 3.75. The molecule has 2 aromatic carbocycles. The Hall–Kier alpha value is -2.03. The first kappa shape index (κ1) is 11.5.